The molecular weight excluding hydrogens is 564 g/mol. The number of ether oxygens (including phenoxy) is 1. The van der Waals surface area contributed by atoms with E-state index in [0.29, 0.717) is 23.1 Å². The summed E-state index contributed by atoms with van der Waals surface area (Å²) in [6, 6.07) is 17.8. The number of benzene rings is 2. The second-order valence-electron chi connectivity index (χ2n) is 10.7. The first-order valence-electron chi connectivity index (χ1n) is 14.0. The molecular formula is C32H34N6O4S. The van der Waals surface area contributed by atoms with Crippen LogP contribution in [0.25, 0.3) is 5.69 Å². The summed E-state index contributed by atoms with van der Waals surface area (Å²) in [6.07, 6.45) is 1.97. The van der Waals surface area contributed by atoms with Gasteiger partial charge in [0.15, 0.2) is 5.11 Å². The van der Waals surface area contributed by atoms with Gasteiger partial charge in [-0.15, -0.1) is 0 Å². The highest BCUT2D eigenvalue weighted by atomic mass is 32.1. The first-order chi connectivity index (χ1) is 20.6. The molecule has 11 heteroatoms. The lowest BCUT2D eigenvalue weighted by Crippen LogP contribution is -2.33. The normalized spacial score (nSPS) is 16.2. The van der Waals surface area contributed by atoms with E-state index in [4.69, 9.17) is 17.0 Å². The number of carbonyl (C=O) groups excluding carboxylic acids is 1. The number of hydrogen-bond acceptors (Lipinski definition) is 6. The Morgan fingerprint density at radius 3 is 2.60 bits per heavy atom. The van der Waals surface area contributed by atoms with Crippen LogP contribution in [-0.4, -0.2) is 44.0 Å². The molecule has 2 aromatic carbocycles. The van der Waals surface area contributed by atoms with Crippen LogP contribution in [0.4, 0.5) is 11.4 Å². The molecule has 43 heavy (non-hydrogen) atoms. The Bertz CT molecular complexity index is 1700. The second-order valence-corrected chi connectivity index (χ2v) is 11.1. The number of anilines is 1. The molecule has 0 saturated carbocycles. The highest BCUT2D eigenvalue weighted by molar-refractivity contribution is 7.80. The molecule has 2 aromatic heterocycles. The van der Waals surface area contributed by atoms with E-state index in [9.17, 15) is 14.9 Å². The fourth-order valence-corrected chi connectivity index (χ4v) is 6.05. The number of methoxy groups -OCH3 is 1. The van der Waals surface area contributed by atoms with E-state index in [0.717, 1.165) is 39.5 Å². The SMILES string of the molecule is COc1ccc([N+](=O)[O-])cc1-n1c(C)cc([C@H]2[C@@H](c3ccccn3)NC(=S)N2CCC(=O)Nc2cc(C)ccc2C)c1C. The predicted molar refractivity (Wildman–Crippen MR) is 170 cm³/mol. The number of non-ortho nitro benzene ring substituents is 1. The van der Waals surface area contributed by atoms with Crippen LogP contribution in [0.1, 0.15) is 52.3 Å². The largest absolute Gasteiger partial charge is 0.495 e. The van der Waals surface area contributed by atoms with E-state index < -0.39 is 4.92 Å². The summed E-state index contributed by atoms with van der Waals surface area (Å²) in [6.45, 7) is 8.26. The first kappa shape index (κ1) is 29.7. The summed E-state index contributed by atoms with van der Waals surface area (Å²) in [7, 11) is 1.54. The summed E-state index contributed by atoms with van der Waals surface area (Å²) in [5, 5.41) is 18.6. The zero-order valence-corrected chi connectivity index (χ0v) is 25.6. The lowest BCUT2D eigenvalue weighted by Gasteiger charge is -2.28. The zero-order valence-electron chi connectivity index (χ0n) is 24.7. The van der Waals surface area contributed by atoms with E-state index in [2.05, 4.69) is 21.7 Å². The van der Waals surface area contributed by atoms with Crippen LogP contribution in [0, 0.1) is 37.8 Å². The highest BCUT2D eigenvalue weighted by Gasteiger charge is 2.41. The van der Waals surface area contributed by atoms with Crippen molar-refractivity contribution in [3.63, 3.8) is 0 Å². The second kappa shape index (κ2) is 12.2. The van der Waals surface area contributed by atoms with Gasteiger partial charge in [0.25, 0.3) is 5.69 Å². The van der Waals surface area contributed by atoms with Crippen LogP contribution >= 0.6 is 12.2 Å². The Balaban J connectivity index is 1.52. The van der Waals surface area contributed by atoms with Gasteiger partial charge in [-0.3, -0.25) is 19.9 Å². The van der Waals surface area contributed by atoms with Crippen molar-refractivity contribution in [3.05, 3.63) is 111 Å². The van der Waals surface area contributed by atoms with Gasteiger partial charge in [0, 0.05) is 48.4 Å². The van der Waals surface area contributed by atoms with Crippen LogP contribution in [-0.2, 0) is 4.79 Å². The average Bonchev–Trinajstić information content (AvgIpc) is 3.47. The fourth-order valence-electron chi connectivity index (χ4n) is 5.71. The van der Waals surface area contributed by atoms with Crippen LogP contribution < -0.4 is 15.4 Å². The molecule has 3 heterocycles. The fraction of sp³-hybridized carbons (Fsp3) is 0.281. The zero-order chi connectivity index (χ0) is 30.8. The first-order valence-corrected chi connectivity index (χ1v) is 14.4. The number of thiocarbonyl (C=S) groups is 1. The van der Waals surface area contributed by atoms with Crippen LogP contribution in [0.3, 0.4) is 0 Å². The summed E-state index contributed by atoms with van der Waals surface area (Å²) in [5.41, 5.74) is 6.92. The van der Waals surface area contributed by atoms with Gasteiger partial charge >= 0.3 is 0 Å². The summed E-state index contributed by atoms with van der Waals surface area (Å²) >= 11 is 5.83. The Morgan fingerprint density at radius 2 is 1.91 bits per heavy atom. The maximum atomic E-state index is 13.1. The number of hydrogen-bond donors (Lipinski definition) is 2. The van der Waals surface area contributed by atoms with Gasteiger partial charge < -0.3 is 24.8 Å². The van der Waals surface area contributed by atoms with Gasteiger partial charge in [-0.2, -0.15) is 0 Å². The number of pyridine rings is 1. The molecule has 5 rings (SSSR count). The smallest absolute Gasteiger partial charge is 0.271 e. The highest BCUT2D eigenvalue weighted by Crippen LogP contribution is 2.42. The third-order valence-electron chi connectivity index (χ3n) is 7.85. The number of carbonyl (C=O) groups is 1. The van der Waals surface area contributed by atoms with E-state index >= 15 is 0 Å². The van der Waals surface area contributed by atoms with E-state index in [1.165, 1.54) is 12.1 Å². The van der Waals surface area contributed by atoms with E-state index in [1.807, 2.05) is 73.6 Å². The topological polar surface area (TPSA) is 115 Å². The number of rotatable bonds is 9. The van der Waals surface area contributed by atoms with Crippen molar-refractivity contribution in [3.8, 4) is 11.4 Å². The molecule has 0 spiro atoms. The van der Waals surface area contributed by atoms with Gasteiger partial charge in [-0.05, 0) is 86.9 Å². The Labute approximate surface area is 255 Å². The van der Waals surface area contributed by atoms with Crippen molar-refractivity contribution in [1.82, 2.24) is 19.8 Å². The van der Waals surface area contributed by atoms with Crippen LogP contribution in [0.15, 0.2) is 66.9 Å². The monoisotopic (exact) mass is 598 g/mol. The molecule has 1 fully saturated rings. The quantitative estimate of drug-likeness (QED) is 0.137. The molecule has 2 N–H and O–H groups in total. The third kappa shape index (κ3) is 5.94. The molecule has 222 valence electrons. The molecule has 0 bridgehead atoms. The van der Waals surface area contributed by atoms with Gasteiger partial charge in [0.1, 0.15) is 5.75 Å². The third-order valence-corrected chi connectivity index (χ3v) is 8.20. The molecule has 1 amide bonds. The van der Waals surface area contributed by atoms with Crippen LogP contribution in [0.5, 0.6) is 5.75 Å². The number of nitrogens with zero attached hydrogens (tertiary/aromatic N) is 4. The van der Waals surface area contributed by atoms with E-state index in [-0.39, 0.29) is 30.1 Å². The Hall–Kier alpha value is -4.77. The molecule has 0 aliphatic carbocycles. The Morgan fingerprint density at radius 1 is 1.12 bits per heavy atom. The molecule has 2 atom stereocenters. The lowest BCUT2D eigenvalue weighted by molar-refractivity contribution is -0.384. The number of amides is 1. The minimum atomic E-state index is -0.417. The van der Waals surface area contributed by atoms with Gasteiger partial charge in [0.2, 0.25) is 5.91 Å². The average molecular weight is 599 g/mol. The van der Waals surface area contributed by atoms with Crippen molar-refractivity contribution in [2.75, 3.05) is 19.0 Å². The van der Waals surface area contributed by atoms with Gasteiger partial charge in [-0.1, -0.05) is 18.2 Å². The summed E-state index contributed by atoms with van der Waals surface area (Å²) in [5.74, 6) is 0.406. The molecule has 0 radical (unpaired) electrons. The van der Waals surface area contributed by atoms with Crippen LogP contribution in [0.2, 0.25) is 0 Å². The molecule has 1 saturated heterocycles. The minimum Gasteiger partial charge on any atom is -0.495 e. The van der Waals surface area contributed by atoms with Crippen molar-refractivity contribution in [1.29, 1.82) is 0 Å². The minimum absolute atomic E-state index is 0.0311. The molecule has 1 aliphatic rings. The number of aromatic nitrogens is 2. The predicted octanol–water partition coefficient (Wildman–Crippen LogP) is 6.02. The van der Waals surface area contributed by atoms with Gasteiger partial charge in [-0.25, -0.2) is 0 Å². The van der Waals surface area contributed by atoms with Crippen molar-refractivity contribution >= 4 is 34.6 Å². The van der Waals surface area contributed by atoms with Crippen molar-refractivity contribution in [2.24, 2.45) is 0 Å². The molecule has 0 unspecified atom stereocenters. The number of aryl methyl sites for hydroxylation is 3. The maximum absolute atomic E-state index is 13.1. The molecule has 10 nitrogen and oxygen atoms in total. The molecule has 1 aliphatic heterocycles. The van der Waals surface area contributed by atoms with Gasteiger partial charge in [0.05, 0.1) is 35.5 Å². The number of nitro benzene ring substituents is 1. The van der Waals surface area contributed by atoms with Crippen molar-refractivity contribution < 1.29 is 14.5 Å². The standard InChI is InChI=1S/C32H34N6O4S/c1-19-9-10-20(2)26(16-19)34-29(39)13-15-36-31(30(35-32(36)43)25-8-6-7-14-33-25)24-17-21(3)37(22(24)4)27-18-23(38(40)41)11-12-28(27)42-5/h6-12,14,16-18,30-31H,13,15H2,1-5H3,(H,34,39)(H,35,43)/t30-,31+/m1/s1. The van der Waals surface area contributed by atoms with E-state index in [1.54, 1.807) is 19.4 Å². The van der Waals surface area contributed by atoms with Crippen molar-refractivity contribution in [2.45, 2.75) is 46.2 Å². The summed E-state index contributed by atoms with van der Waals surface area (Å²) < 4.78 is 7.56. The Kier molecular flexibility index (Phi) is 8.45. The molecule has 4 aromatic rings. The summed E-state index contributed by atoms with van der Waals surface area (Å²) in [4.78, 5) is 31.0. The number of nitro groups is 1. The number of nitrogens with one attached hydrogen (secondary N) is 2. The lowest BCUT2D eigenvalue weighted by atomic mass is 9.96. The maximum Gasteiger partial charge on any atom is 0.271 e.